The minimum Gasteiger partial charge on any atom is -0.464 e. The Bertz CT molecular complexity index is 733. The van der Waals surface area contributed by atoms with Gasteiger partial charge in [0.15, 0.2) is 5.69 Å². The van der Waals surface area contributed by atoms with E-state index in [1.165, 1.54) is 19.2 Å². The Balaban J connectivity index is 2.56. The van der Waals surface area contributed by atoms with Crippen LogP contribution in [0.1, 0.15) is 28.0 Å². The van der Waals surface area contributed by atoms with Crippen molar-refractivity contribution in [1.82, 2.24) is 4.98 Å². The van der Waals surface area contributed by atoms with Crippen molar-refractivity contribution in [2.24, 2.45) is 0 Å². The number of ether oxygens (including phenoxy) is 1. The van der Waals surface area contributed by atoms with E-state index < -0.39 is 23.8 Å². The van der Waals surface area contributed by atoms with E-state index in [0.29, 0.717) is 5.56 Å². The molecule has 0 fully saturated rings. The molecule has 0 bridgehead atoms. The van der Waals surface area contributed by atoms with E-state index >= 15 is 0 Å². The van der Waals surface area contributed by atoms with Gasteiger partial charge in [-0.05, 0) is 25.1 Å². The van der Waals surface area contributed by atoms with Crippen molar-refractivity contribution in [3.05, 3.63) is 46.9 Å². The van der Waals surface area contributed by atoms with Crippen LogP contribution in [0.4, 0.5) is 18.9 Å². The molecule has 1 heterocycles. The molecule has 0 saturated heterocycles. The molecule has 1 aromatic carbocycles. The summed E-state index contributed by atoms with van der Waals surface area (Å²) in [7, 11) is 1.20. The Labute approximate surface area is 124 Å². The Morgan fingerprint density at radius 1 is 1.32 bits per heavy atom. The number of hydrogen-bond acceptors (Lipinski definition) is 4. The third-order valence-corrected chi connectivity index (χ3v) is 3.22. The number of aromatic nitrogens is 1. The second-order valence-electron chi connectivity index (χ2n) is 4.60. The molecule has 2 aromatic rings. The van der Waals surface area contributed by atoms with E-state index in [1.807, 2.05) is 0 Å². The summed E-state index contributed by atoms with van der Waals surface area (Å²) in [6, 6.07) is 4.64. The largest absolute Gasteiger partial charge is 0.464 e. The highest BCUT2D eigenvalue weighted by Gasteiger charge is 2.18. The van der Waals surface area contributed by atoms with Crippen LogP contribution < -0.4 is 5.73 Å². The standard InChI is InChI=1S/C15H13F3N2O2/c1-7-11(19)6-12(20-13(7)15(21)22-2)8-3-4-9(14(17)18)10(16)5-8/h3-6,14H,1-2H3,(H2,19,20). The molecule has 0 atom stereocenters. The van der Waals surface area contributed by atoms with E-state index in [1.54, 1.807) is 6.92 Å². The maximum Gasteiger partial charge on any atom is 0.357 e. The first-order valence-corrected chi connectivity index (χ1v) is 6.28. The van der Waals surface area contributed by atoms with Crippen LogP contribution in [0.5, 0.6) is 0 Å². The predicted molar refractivity (Wildman–Crippen MR) is 75.1 cm³/mol. The Morgan fingerprint density at radius 3 is 2.55 bits per heavy atom. The lowest BCUT2D eigenvalue weighted by atomic mass is 10.0. The number of anilines is 1. The SMILES string of the molecule is COC(=O)c1nc(-c2ccc(C(F)F)c(F)c2)cc(N)c1C. The third kappa shape index (κ3) is 2.88. The molecule has 7 heteroatoms. The van der Waals surface area contributed by atoms with Crippen molar-refractivity contribution in [3.63, 3.8) is 0 Å². The first kappa shape index (κ1) is 15.8. The summed E-state index contributed by atoms with van der Waals surface area (Å²) in [5, 5.41) is 0. The summed E-state index contributed by atoms with van der Waals surface area (Å²) in [5.74, 6) is -1.73. The molecule has 0 unspecified atom stereocenters. The van der Waals surface area contributed by atoms with Gasteiger partial charge in [-0.2, -0.15) is 0 Å². The monoisotopic (exact) mass is 310 g/mol. The molecule has 4 nitrogen and oxygen atoms in total. The van der Waals surface area contributed by atoms with Crippen LogP contribution in [0, 0.1) is 12.7 Å². The van der Waals surface area contributed by atoms with E-state index in [9.17, 15) is 18.0 Å². The third-order valence-electron chi connectivity index (χ3n) is 3.22. The Hall–Kier alpha value is -2.57. The molecule has 1 aromatic heterocycles. The number of nitrogens with two attached hydrogens (primary N) is 1. The molecular formula is C15H13F3N2O2. The lowest BCUT2D eigenvalue weighted by molar-refractivity contribution is 0.0593. The number of alkyl halides is 2. The fraction of sp³-hybridized carbons (Fsp3) is 0.200. The smallest absolute Gasteiger partial charge is 0.357 e. The molecule has 22 heavy (non-hydrogen) atoms. The second-order valence-corrected chi connectivity index (χ2v) is 4.60. The molecule has 0 spiro atoms. The number of esters is 1. The second kappa shape index (κ2) is 6.05. The van der Waals surface area contributed by atoms with Crippen molar-refractivity contribution in [2.75, 3.05) is 12.8 Å². The van der Waals surface area contributed by atoms with Crippen molar-refractivity contribution >= 4 is 11.7 Å². The maximum absolute atomic E-state index is 13.7. The highest BCUT2D eigenvalue weighted by atomic mass is 19.3. The normalized spacial score (nSPS) is 10.8. The van der Waals surface area contributed by atoms with Gasteiger partial charge in [-0.15, -0.1) is 0 Å². The van der Waals surface area contributed by atoms with Gasteiger partial charge in [-0.1, -0.05) is 6.07 Å². The van der Waals surface area contributed by atoms with Crippen LogP contribution >= 0.6 is 0 Å². The van der Waals surface area contributed by atoms with Crippen LogP contribution in [0.2, 0.25) is 0 Å². The predicted octanol–water partition coefficient (Wildman–Crippen LogP) is 3.50. The highest BCUT2D eigenvalue weighted by Crippen LogP contribution is 2.28. The minimum absolute atomic E-state index is 0.00385. The Morgan fingerprint density at radius 2 is 2.00 bits per heavy atom. The molecule has 2 N–H and O–H groups in total. The molecule has 0 radical (unpaired) electrons. The molecule has 0 saturated carbocycles. The summed E-state index contributed by atoms with van der Waals surface area (Å²) >= 11 is 0. The van der Waals surface area contributed by atoms with E-state index in [0.717, 1.165) is 12.1 Å². The van der Waals surface area contributed by atoms with Gasteiger partial charge in [-0.3, -0.25) is 0 Å². The van der Waals surface area contributed by atoms with Gasteiger partial charge in [0, 0.05) is 16.8 Å². The quantitative estimate of drug-likeness (QED) is 0.881. The number of benzene rings is 1. The summed E-state index contributed by atoms with van der Waals surface area (Å²) in [5.41, 5.74) is 6.24. The first-order valence-electron chi connectivity index (χ1n) is 6.28. The summed E-state index contributed by atoms with van der Waals surface area (Å²) in [6.45, 7) is 1.60. The number of halogens is 3. The number of rotatable bonds is 3. The van der Waals surface area contributed by atoms with Gasteiger partial charge in [0.1, 0.15) is 5.82 Å². The average molecular weight is 310 g/mol. The van der Waals surface area contributed by atoms with Crippen LogP contribution in [0.3, 0.4) is 0 Å². The van der Waals surface area contributed by atoms with Crippen molar-refractivity contribution in [3.8, 4) is 11.3 Å². The molecule has 116 valence electrons. The van der Waals surface area contributed by atoms with Gasteiger partial charge in [0.25, 0.3) is 6.43 Å². The van der Waals surface area contributed by atoms with Crippen LogP contribution in [-0.2, 0) is 4.74 Å². The zero-order chi connectivity index (χ0) is 16.4. The number of hydrogen-bond donors (Lipinski definition) is 1. The van der Waals surface area contributed by atoms with Gasteiger partial charge < -0.3 is 10.5 Å². The van der Waals surface area contributed by atoms with Crippen LogP contribution in [-0.4, -0.2) is 18.1 Å². The van der Waals surface area contributed by atoms with Gasteiger partial charge in [-0.25, -0.2) is 22.9 Å². The van der Waals surface area contributed by atoms with E-state index in [2.05, 4.69) is 9.72 Å². The summed E-state index contributed by atoms with van der Waals surface area (Å²) < 4.78 is 43.4. The zero-order valence-corrected chi connectivity index (χ0v) is 11.9. The number of nitrogen functional groups attached to an aromatic ring is 1. The molecule has 0 aliphatic heterocycles. The van der Waals surface area contributed by atoms with Crippen LogP contribution in [0.25, 0.3) is 11.3 Å². The average Bonchev–Trinajstić information content (AvgIpc) is 2.48. The van der Waals surface area contributed by atoms with Gasteiger partial charge >= 0.3 is 5.97 Å². The van der Waals surface area contributed by atoms with Crippen molar-refractivity contribution < 1.29 is 22.7 Å². The number of carbonyl (C=O) groups is 1. The number of nitrogens with zero attached hydrogens (tertiary/aromatic N) is 1. The highest BCUT2D eigenvalue weighted by molar-refractivity contribution is 5.91. The summed E-state index contributed by atoms with van der Waals surface area (Å²) in [6.07, 6.45) is -2.91. The van der Waals surface area contributed by atoms with Crippen LogP contribution in [0.15, 0.2) is 24.3 Å². The van der Waals surface area contributed by atoms with Crippen molar-refractivity contribution in [2.45, 2.75) is 13.3 Å². The lowest BCUT2D eigenvalue weighted by Gasteiger charge is -2.10. The lowest BCUT2D eigenvalue weighted by Crippen LogP contribution is -2.10. The molecule has 0 aliphatic carbocycles. The number of pyridine rings is 1. The zero-order valence-electron chi connectivity index (χ0n) is 11.9. The maximum atomic E-state index is 13.7. The fourth-order valence-corrected chi connectivity index (χ4v) is 1.94. The molecule has 0 aliphatic rings. The minimum atomic E-state index is -2.91. The van der Waals surface area contributed by atoms with Gasteiger partial charge in [0.05, 0.1) is 18.4 Å². The van der Waals surface area contributed by atoms with Gasteiger partial charge in [0.2, 0.25) is 0 Å². The summed E-state index contributed by atoms with van der Waals surface area (Å²) in [4.78, 5) is 15.7. The van der Waals surface area contributed by atoms with E-state index in [-0.39, 0.29) is 22.6 Å². The topological polar surface area (TPSA) is 65.2 Å². The van der Waals surface area contributed by atoms with Crippen molar-refractivity contribution in [1.29, 1.82) is 0 Å². The Kier molecular flexibility index (Phi) is 4.35. The number of carbonyl (C=O) groups excluding carboxylic acids is 1. The molecule has 2 rings (SSSR count). The molecular weight excluding hydrogens is 297 g/mol. The molecule has 0 amide bonds. The number of methoxy groups -OCH3 is 1. The first-order chi connectivity index (χ1) is 10.3. The fourth-order valence-electron chi connectivity index (χ4n) is 1.94. The van der Waals surface area contributed by atoms with E-state index in [4.69, 9.17) is 5.73 Å².